The first kappa shape index (κ1) is 25.4. The van der Waals surface area contributed by atoms with Gasteiger partial charge in [0.15, 0.2) is 0 Å². The average molecular weight is 496 g/mol. The third kappa shape index (κ3) is 3.29. The molecule has 3 nitrogen and oxygen atoms in total. The standard InChI is InChI=1S/C33H53NO2/c1-28(2)16-18-33(34-27(36)21-8-9-21)19-17-31(6)22(23(33)20-28)10-11-25-30(5)14-13-26(35)29(3,4)24(30)12-15-32(25,31)7/h10,21,23-26,35H,8-9,11-20H2,1-7H3,(H,34,36)/t23-,24-,25+,26-,30-,31+,32+,33-/m0/s1. The maximum absolute atomic E-state index is 13.2. The Morgan fingerprint density at radius 1 is 0.861 bits per heavy atom. The topological polar surface area (TPSA) is 49.3 Å². The van der Waals surface area contributed by atoms with E-state index in [0.717, 1.165) is 32.1 Å². The first-order valence-corrected chi connectivity index (χ1v) is 15.4. The summed E-state index contributed by atoms with van der Waals surface area (Å²) in [5, 5.41) is 14.7. The molecule has 3 heteroatoms. The van der Waals surface area contributed by atoms with Crippen LogP contribution in [0.15, 0.2) is 11.6 Å². The highest BCUT2D eigenvalue weighted by Crippen LogP contribution is 2.74. The largest absolute Gasteiger partial charge is 0.393 e. The van der Waals surface area contributed by atoms with Gasteiger partial charge < -0.3 is 10.4 Å². The number of amides is 1. The summed E-state index contributed by atoms with van der Waals surface area (Å²) in [7, 11) is 0. The summed E-state index contributed by atoms with van der Waals surface area (Å²) in [5.74, 6) is 2.38. The van der Waals surface area contributed by atoms with Crippen LogP contribution in [-0.2, 0) is 4.79 Å². The van der Waals surface area contributed by atoms with Crippen LogP contribution < -0.4 is 5.32 Å². The third-order valence-corrected chi connectivity index (χ3v) is 13.9. The SMILES string of the molecule is CC1(C)CC[C@]2(NC(=O)C3CC3)CC[C@]3(C)C(=CC[C@@H]4[C@@]5(C)CC[C@H](O)C(C)(C)[C@@H]5CC[C@]43C)[C@@H]2C1. The van der Waals surface area contributed by atoms with Crippen LogP contribution in [-0.4, -0.2) is 22.7 Å². The smallest absolute Gasteiger partial charge is 0.223 e. The first-order valence-electron chi connectivity index (χ1n) is 15.4. The molecule has 6 rings (SSSR count). The number of aliphatic hydroxyl groups is 1. The molecule has 6 aliphatic carbocycles. The van der Waals surface area contributed by atoms with Crippen molar-refractivity contribution in [3.63, 3.8) is 0 Å². The Bertz CT molecular complexity index is 976. The van der Waals surface area contributed by atoms with Gasteiger partial charge in [-0.3, -0.25) is 4.79 Å². The van der Waals surface area contributed by atoms with Crippen molar-refractivity contribution in [2.45, 2.75) is 137 Å². The Hall–Kier alpha value is -0.830. The Kier molecular flexibility index (Phi) is 5.40. The molecule has 8 atom stereocenters. The van der Waals surface area contributed by atoms with E-state index in [2.05, 4.69) is 59.9 Å². The molecule has 1 amide bonds. The molecule has 2 N–H and O–H groups in total. The summed E-state index contributed by atoms with van der Waals surface area (Å²) in [6.45, 7) is 17.5. The van der Waals surface area contributed by atoms with Crippen LogP contribution in [0, 0.1) is 50.7 Å². The third-order valence-electron chi connectivity index (χ3n) is 13.9. The van der Waals surface area contributed by atoms with E-state index < -0.39 is 0 Å². The highest BCUT2D eigenvalue weighted by atomic mass is 16.3. The molecule has 5 saturated carbocycles. The zero-order chi connectivity index (χ0) is 25.9. The van der Waals surface area contributed by atoms with Crippen molar-refractivity contribution >= 4 is 5.91 Å². The predicted molar refractivity (Wildman–Crippen MR) is 146 cm³/mol. The van der Waals surface area contributed by atoms with Crippen molar-refractivity contribution in [1.29, 1.82) is 0 Å². The molecule has 202 valence electrons. The molecule has 0 spiro atoms. The lowest BCUT2D eigenvalue weighted by atomic mass is 9.34. The van der Waals surface area contributed by atoms with Crippen molar-refractivity contribution in [3.8, 4) is 0 Å². The number of aliphatic hydroxyl groups excluding tert-OH is 1. The summed E-state index contributed by atoms with van der Waals surface area (Å²) in [5.41, 5.74) is 2.81. The Morgan fingerprint density at radius 3 is 2.25 bits per heavy atom. The lowest BCUT2D eigenvalue weighted by molar-refractivity contribution is -0.201. The minimum absolute atomic E-state index is 0.00142. The van der Waals surface area contributed by atoms with Crippen molar-refractivity contribution in [1.82, 2.24) is 5.32 Å². The Labute approximate surface area is 220 Å². The van der Waals surface area contributed by atoms with Gasteiger partial charge in [0, 0.05) is 17.4 Å². The van der Waals surface area contributed by atoms with Gasteiger partial charge in [-0.15, -0.1) is 0 Å². The monoisotopic (exact) mass is 495 g/mol. The summed E-state index contributed by atoms with van der Waals surface area (Å²) in [6.07, 6.45) is 16.5. The van der Waals surface area contributed by atoms with E-state index >= 15 is 0 Å². The molecule has 6 aliphatic rings. The number of carbonyl (C=O) groups excluding carboxylic acids is 1. The van der Waals surface area contributed by atoms with Crippen molar-refractivity contribution in [2.75, 3.05) is 0 Å². The van der Waals surface area contributed by atoms with Gasteiger partial charge in [0.05, 0.1) is 6.10 Å². The molecule has 0 aliphatic heterocycles. The number of rotatable bonds is 2. The van der Waals surface area contributed by atoms with Crippen LogP contribution in [0.3, 0.4) is 0 Å². The fraction of sp³-hybridized carbons (Fsp3) is 0.909. The molecule has 0 heterocycles. The number of allylic oxidation sites excluding steroid dienone is 1. The first-order chi connectivity index (χ1) is 16.7. The average Bonchev–Trinajstić information content (AvgIpc) is 3.63. The second kappa shape index (κ2) is 7.64. The van der Waals surface area contributed by atoms with Crippen LogP contribution in [0.4, 0.5) is 0 Å². The summed E-state index contributed by atoms with van der Waals surface area (Å²) in [6, 6.07) is 0. The zero-order valence-electron chi connectivity index (χ0n) is 24.3. The number of carbonyl (C=O) groups is 1. The molecular weight excluding hydrogens is 442 g/mol. The van der Waals surface area contributed by atoms with Gasteiger partial charge in [-0.25, -0.2) is 0 Å². The van der Waals surface area contributed by atoms with E-state index in [4.69, 9.17) is 0 Å². The Morgan fingerprint density at radius 2 is 1.56 bits per heavy atom. The van der Waals surface area contributed by atoms with Crippen molar-refractivity contribution < 1.29 is 9.90 Å². The van der Waals surface area contributed by atoms with Crippen LogP contribution in [0.25, 0.3) is 0 Å². The van der Waals surface area contributed by atoms with Gasteiger partial charge in [-0.2, -0.15) is 0 Å². The van der Waals surface area contributed by atoms with Crippen molar-refractivity contribution in [3.05, 3.63) is 11.6 Å². The maximum Gasteiger partial charge on any atom is 0.223 e. The van der Waals surface area contributed by atoms with E-state index in [9.17, 15) is 9.90 Å². The second-order valence-electron chi connectivity index (χ2n) is 16.5. The quantitative estimate of drug-likeness (QED) is 0.391. The minimum Gasteiger partial charge on any atom is -0.393 e. The predicted octanol–water partition coefficient (Wildman–Crippen LogP) is 7.43. The molecule has 0 bridgehead atoms. The van der Waals surface area contributed by atoms with Gasteiger partial charge in [0.2, 0.25) is 5.91 Å². The lowest BCUT2D eigenvalue weighted by Gasteiger charge is -2.71. The molecular formula is C33H53NO2. The fourth-order valence-electron chi connectivity index (χ4n) is 11.2. The normalized spacial score (nSPS) is 51.1. The molecule has 0 saturated heterocycles. The molecule has 0 aromatic rings. The van der Waals surface area contributed by atoms with Crippen LogP contribution >= 0.6 is 0 Å². The van der Waals surface area contributed by atoms with E-state index in [1.54, 1.807) is 5.57 Å². The molecule has 0 aromatic heterocycles. The van der Waals surface area contributed by atoms with Crippen LogP contribution in [0.5, 0.6) is 0 Å². The molecule has 0 unspecified atom stereocenters. The Balaban J connectivity index is 1.40. The zero-order valence-corrected chi connectivity index (χ0v) is 24.3. The fourth-order valence-corrected chi connectivity index (χ4v) is 11.2. The summed E-state index contributed by atoms with van der Waals surface area (Å²) in [4.78, 5) is 13.2. The number of nitrogens with one attached hydrogen (secondary N) is 1. The van der Waals surface area contributed by atoms with Crippen LogP contribution in [0.2, 0.25) is 0 Å². The van der Waals surface area contributed by atoms with E-state index in [1.807, 2.05) is 0 Å². The van der Waals surface area contributed by atoms with Gasteiger partial charge >= 0.3 is 0 Å². The minimum atomic E-state index is -0.167. The highest BCUT2D eigenvalue weighted by Gasteiger charge is 2.68. The van der Waals surface area contributed by atoms with E-state index in [-0.39, 0.29) is 33.8 Å². The van der Waals surface area contributed by atoms with Crippen LogP contribution in [0.1, 0.15) is 126 Å². The number of hydrogen-bond acceptors (Lipinski definition) is 2. The van der Waals surface area contributed by atoms with E-state index in [1.165, 1.54) is 44.9 Å². The van der Waals surface area contributed by atoms with Gasteiger partial charge in [-0.05, 0) is 116 Å². The van der Waals surface area contributed by atoms with Gasteiger partial charge in [0.25, 0.3) is 0 Å². The van der Waals surface area contributed by atoms with E-state index in [0.29, 0.717) is 34.5 Å². The number of fused-ring (bicyclic) bond motifs is 7. The highest BCUT2D eigenvalue weighted by molar-refractivity contribution is 5.81. The summed E-state index contributed by atoms with van der Waals surface area (Å²) < 4.78 is 0. The molecule has 36 heavy (non-hydrogen) atoms. The number of hydrogen-bond donors (Lipinski definition) is 2. The molecule has 0 radical (unpaired) electrons. The molecule has 5 fully saturated rings. The van der Waals surface area contributed by atoms with Gasteiger partial charge in [-0.1, -0.05) is 60.1 Å². The lowest BCUT2D eigenvalue weighted by Crippen LogP contribution is -2.67. The van der Waals surface area contributed by atoms with Crippen molar-refractivity contribution in [2.24, 2.45) is 50.7 Å². The second-order valence-corrected chi connectivity index (χ2v) is 16.5. The van der Waals surface area contributed by atoms with Gasteiger partial charge in [0.1, 0.15) is 0 Å². The molecule has 0 aromatic carbocycles. The maximum atomic E-state index is 13.2. The summed E-state index contributed by atoms with van der Waals surface area (Å²) >= 11 is 0.